The van der Waals surface area contributed by atoms with Gasteiger partial charge in [-0.15, -0.1) is 10.2 Å². The fraction of sp³-hybridized carbons (Fsp3) is 0.667. The van der Waals surface area contributed by atoms with Crippen molar-refractivity contribution in [2.24, 2.45) is 0 Å². The third-order valence-corrected chi connectivity index (χ3v) is 0.796. The van der Waals surface area contributed by atoms with E-state index in [0.717, 1.165) is 0 Å². The zero-order valence-corrected chi connectivity index (χ0v) is 6.96. The summed E-state index contributed by atoms with van der Waals surface area (Å²) in [4.78, 5) is 10.4. The van der Waals surface area contributed by atoms with E-state index in [4.69, 9.17) is 0 Å². The molecule has 0 aliphatic carbocycles. The lowest BCUT2D eigenvalue weighted by Crippen LogP contribution is -1.97. The van der Waals surface area contributed by atoms with Crippen molar-refractivity contribution in [2.75, 3.05) is 0 Å². The van der Waals surface area contributed by atoms with Crippen LogP contribution in [0.3, 0.4) is 0 Å². The molecule has 1 heterocycles. The molecule has 62 valence electrons. The minimum absolute atomic E-state index is 0.0383. The molecule has 11 heavy (non-hydrogen) atoms. The van der Waals surface area contributed by atoms with Crippen LogP contribution in [0.2, 0.25) is 0 Å². The smallest absolute Gasteiger partial charge is 0.181 e. The van der Waals surface area contributed by atoms with Crippen molar-refractivity contribution >= 4 is 5.78 Å². The Bertz CT molecular complexity index is 194. The number of carbonyl (C=O) groups excluding carboxylic acids is 1. The summed E-state index contributed by atoms with van der Waals surface area (Å²) in [6.07, 6.45) is 0.260. The first kappa shape index (κ1) is 9.74. The highest BCUT2D eigenvalue weighted by atomic mass is 16.1. The minimum atomic E-state index is 0.0383. The van der Waals surface area contributed by atoms with Gasteiger partial charge in [0.1, 0.15) is 5.78 Å². The van der Waals surface area contributed by atoms with Gasteiger partial charge in [-0.05, 0) is 6.92 Å². The summed E-state index contributed by atoms with van der Waals surface area (Å²) in [6, 6.07) is 0. The van der Waals surface area contributed by atoms with Crippen LogP contribution in [-0.2, 0) is 11.2 Å². The monoisotopic (exact) mass is 156 g/mol. The van der Waals surface area contributed by atoms with E-state index in [0.29, 0.717) is 5.82 Å². The molecule has 0 aliphatic heterocycles. The summed E-state index contributed by atoms with van der Waals surface area (Å²) in [7, 11) is 0. The predicted octanol–water partition coefficient (Wildman–Crippen LogP) is 0.357. The Labute approximate surface area is 65.2 Å². The maximum Gasteiger partial charge on any atom is 0.181 e. The van der Waals surface area contributed by atoms with Crippen molar-refractivity contribution in [3.63, 3.8) is 0 Å². The number of ketones is 1. The predicted molar refractivity (Wildman–Crippen MR) is 39.9 cm³/mol. The van der Waals surface area contributed by atoms with E-state index in [1.54, 1.807) is 0 Å². The third-order valence-electron chi connectivity index (χ3n) is 0.796. The second-order valence-electron chi connectivity index (χ2n) is 1.71. The highest BCUT2D eigenvalue weighted by Gasteiger charge is 1.99. The number of Topliss-reactive ketones (excluding diaryl/α,β-unsaturated/α-hetero) is 1. The topological polar surface area (TPSA) is 71.5 Å². The van der Waals surface area contributed by atoms with E-state index in [2.05, 4.69) is 20.6 Å². The molecule has 1 aromatic heterocycles. The number of tetrazole rings is 1. The molecule has 5 heteroatoms. The number of H-pyrrole nitrogens is 1. The number of hydrogen-bond donors (Lipinski definition) is 1. The average molecular weight is 156 g/mol. The van der Waals surface area contributed by atoms with Gasteiger partial charge in [0.15, 0.2) is 5.82 Å². The summed E-state index contributed by atoms with van der Waals surface area (Å²) in [5, 5.41) is 12.7. The molecule has 0 aromatic carbocycles. The van der Waals surface area contributed by atoms with Crippen LogP contribution in [-0.4, -0.2) is 26.4 Å². The molecule has 0 aliphatic rings. The molecule has 1 N–H and O–H groups in total. The first-order valence-electron chi connectivity index (χ1n) is 3.51. The highest BCUT2D eigenvalue weighted by molar-refractivity contribution is 5.77. The number of nitrogens with zero attached hydrogens (tertiary/aromatic N) is 3. The molecule has 0 amide bonds. The number of carbonyl (C=O) groups is 1. The fourth-order valence-corrected chi connectivity index (χ4v) is 0.480. The van der Waals surface area contributed by atoms with Gasteiger partial charge in [-0.25, -0.2) is 0 Å². The van der Waals surface area contributed by atoms with Gasteiger partial charge in [0.05, 0.1) is 6.42 Å². The Morgan fingerprint density at radius 3 is 2.55 bits per heavy atom. The van der Waals surface area contributed by atoms with Crippen LogP contribution in [0.15, 0.2) is 0 Å². The van der Waals surface area contributed by atoms with Gasteiger partial charge in [-0.2, -0.15) is 5.21 Å². The first-order valence-corrected chi connectivity index (χ1v) is 3.51. The number of nitrogens with one attached hydrogen (secondary N) is 1. The Hall–Kier alpha value is -1.26. The normalized spacial score (nSPS) is 8.27. The van der Waals surface area contributed by atoms with Gasteiger partial charge < -0.3 is 0 Å². The Morgan fingerprint density at radius 2 is 2.18 bits per heavy atom. The second kappa shape index (κ2) is 5.52. The van der Waals surface area contributed by atoms with E-state index in [1.165, 1.54) is 6.92 Å². The molecule has 0 saturated heterocycles. The minimum Gasteiger partial charge on any atom is -0.300 e. The van der Waals surface area contributed by atoms with Gasteiger partial charge in [-0.3, -0.25) is 4.79 Å². The van der Waals surface area contributed by atoms with Crippen LogP contribution in [0.4, 0.5) is 0 Å². The molecule has 0 saturated carbocycles. The number of aromatic nitrogens is 4. The number of hydrogen-bond acceptors (Lipinski definition) is 4. The Kier molecular flexibility index (Phi) is 4.89. The Balaban J connectivity index is 0.000000461. The summed E-state index contributed by atoms with van der Waals surface area (Å²) in [5.41, 5.74) is 0. The largest absolute Gasteiger partial charge is 0.300 e. The zero-order chi connectivity index (χ0) is 8.69. The van der Waals surface area contributed by atoms with Gasteiger partial charge in [-0.1, -0.05) is 19.1 Å². The molecule has 0 atom stereocenters. The van der Waals surface area contributed by atoms with Crippen LogP contribution in [0.25, 0.3) is 0 Å². The molecular weight excluding hydrogens is 144 g/mol. The van der Waals surface area contributed by atoms with E-state index < -0.39 is 0 Å². The third kappa shape index (κ3) is 4.19. The number of aromatic amines is 1. The summed E-state index contributed by atoms with van der Waals surface area (Å²) in [6.45, 7) is 5.48. The van der Waals surface area contributed by atoms with Crippen molar-refractivity contribution in [1.29, 1.82) is 0 Å². The maximum absolute atomic E-state index is 10.4. The number of rotatable bonds is 2. The van der Waals surface area contributed by atoms with Gasteiger partial charge in [0, 0.05) is 0 Å². The lowest BCUT2D eigenvalue weighted by molar-refractivity contribution is -0.116. The standard InChI is InChI=1S/C4H6N4O.C2H6/c1-3(9)2-4-5-7-8-6-4;1-2/h2H2,1H3,(H,5,6,7,8);1-2H3. The van der Waals surface area contributed by atoms with Gasteiger partial charge in [0.25, 0.3) is 0 Å². The van der Waals surface area contributed by atoms with E-state index in [-0.39, 0.29) is 12.2 Å². The van der Waals surface area contributed by atoms with Crippen molar-refractivity contribution in [1.82, 2.24) is 20.6 Å². The van der Waals surface area contributed by atoms with E-state index >= 15 is 0 Å². The summed E-state index contributed by atoms with van der Waals surface area (Å²) in [5.74, 6) is 0.485. The molecule has 0 spiro atoms. The average Bonchev–Trinajstić information content (AvgIpc) is 2.43. The van der Waals surface area contributed by atoms with Crippen molar-refractivity contribution in [2.45, 2.75) is 27.2 Å². The van der Waals surface area contributed by atoms with Gasteiger partial charge in [0.2, 0.25) is 0 Å². The lowest BCUT2D eigenvalue weighted by atomic mass is 10.3. The van der Waals surface area contributed by atoms with Gasteiger partial charge >= 0.3 is 0 Å². The molecule has 5 nitrogen and oxygen atoms in total. The van der Waals surface area contributed by atoms with Crippen molar-refractivity contribution < 1.29 is 4.79 Å². The molecular formula is C6H12N4O. The quantitative estimate of drug-likeness (QED) is 0.671. The zero-order valence-electron chi connectivity index (χ0n) is 6.96. The SMILES string of the molecule is CC.CC(=O)Cc1nn[nH]n1. The second-order valence-corrected chi connectivity index (χ2v) is 1.71. The van der Waals surface area contributed by atoms with Crippen LogP contribution in [0.5, 0.6) is 0 Å². The fourth-order valence-electron chi connectivity index (χ4n) is 0.480. The molecule has 0 unspecified atom stereocenters. The van der Waals surface area contributed by atoms with Crippen LogP contribution in [0, 0.1) is 0 Å². The molecule has 1 rings (SSSR count). The molecule has 1 aromatic rings. The lowest BCUT2D eigenvalue weighted by Gasteiger charge is -1.81. The van der Waals surface area contributed by atoms with Crippen molar-refractivity contribution in [3.8, 4) is 0 Å². The summed E-state index contributed by atoms with van der Waals surface area (Å²) < 4.78 is 0. The Morgan fingerprint density at radius 1 is 1.55 bits per heavy atom. The van der Waals surface area contributed by atoms with Crippen LogP contribution in [0.1, 0.15) is 26.6 Å². The molecule has 0 bridgehead atoms. The van der Waals surface area contributed by atoms with E-state index in [1.807, 2.05) is 13.8 Å². The molecule has 0 fully saturated rings. The summed E-state index contributed by atoms with van der Waals surface area (Å²) >= 11 is 0. The first-order chi connectivity index (χ1) is 5.29. The van der Waals surface area contributed by atoms with Crippen LogP contribution >= 0.6 is 0 Å². The maximum atomic E-state index is 10.4. The highest BCUT2D eigenvalue weighted by Crippen LogP contribution is 1.84. The molecule has 0 radical (unpaired) electrons. The van der Waals surface area contributed by atoms with Crippen LogP contribution < -0.4 is 0 Å². The van der Waals surface area contributed by atoms with E-state index in [9.17, 15) is 4.79 Å². The van der Waals surface area contributed by atoms with Crippen molar-refractivity contribution in [3.05, 3.63) is 5.82 Å².